The third-order valence-electron chi connectivity index (χ3n) is 3.57. The molecule has 0 spiro atoms. The second kappa shape index (κ2) is 5.45. The summed E-state index contributed by atoms with van der Waals surface area (Å²) in [5, 5.41) is 0. The minimum Gasteiger partial charge on any atom is -0.353 e. The molecule has 5 nitrogen and oxygen atoms in total. The SMILES string of the molecule is Cc1ccnc(N2CCN(c3nccc(C)n3)CC2)c1. The predicted molar refractivity (Wildman–Crippen MR) is 80.2 cm³/mol. The normalized spacial score (nSPS) is 15.5. The van der Waals surface area contributed by atoms with Crippen LogP contribution >= 0.6 is 0 Å². The molecule has 2 aromatic rings. The maximum atomic E-state index is 4.49. The van der Waals surface area contributed by atoms with Crippen LogP contribution in [0.25, 0.3) is 0 Å². The van der Waals surface area contributed by atoms with Gasteiger partial charge in [-0.3, -0.25) is 0 Å². The van der Waals surface area contributed by atoms with Crippen LogP contribution in [0, 0.1) is 13.8 Å². The number of anilines is 2. The van der Waals surface area contributed by atoms with Crippen molar-refractivity contribution in [2.24, 2.45) is 0 Å². The number of aromatic nitrogens is 3. The molecule has 1 aliphatic rings. The van der Waals surface area contributed by atoms with Crippen LogP contribution < -0.4 is 9.80 Å². The highest BCUT2D eigenvalue weighted by atomic mass is 15.3. The van der Waals surface area contributed by atoms with Gasteiger partial charge in [-0.15, -0.1) is 0 Å². The number of hydrogen-bond acceptors (Lipinski definition) is 5. The van der Waals surface area contributed by atoms with Crippen LogP contribution in [0.3, 0.4) is 0 Å². The maximum Gasteiger partial charge on any atom is 0.225 e. The molecule has 0 aliphatic carbocycles. The highest BCUT2D eigenvalue weighted by molar-refractivity contribution is 5.43. The average molecular weight is 269 g/mol. The molecule has 0 bridgehead atoms. The number of piperazine rings is 1. The fraction of sp³-hybridized carbons (Fsp3) is 0.400. The Bertz CT molecular complexity index is 537. The van der Waals surface area contributed by atoms with Crippen LogP contribution in [-0.4, -0.2) is 41.1 Å². The lowest BCUT2D eigenvalue weighted by molar-refractivity contribution is 0.633. The average Bonchev–Trinajstić information content (AvgIpc) is 2.47. The first-order chi connectivity index (χ1) is 9.72. The van der Waals surface area contributed by atoms with E-state index in [1.165, 1.54) is 5.56 Å². The fourth-order valence-electron chi connectivity index (χ4n) is 2.42. The summed E-state index contributed by atoms with van der Waals surface area (Å²) in [6.45, 7) is 7.86. The van der Waals surface area contributed by atoms with Gasteiger partial charge in [-0.1, -0.05) is 0 Å². The topological polar surface area (TPSA) is 45.2 Å². The molecule has 0 radical (unpaired) electrons. The summed E-state index contributed by atoms with van der Waals surface area (Å²) in [6, 6.07) is 6.09. The van der Waals surface area contributed by atoms with Crippen molar-refractivity contribution in [2.75, 3.05) is 36.0 Å². The van der Waals surface area contributed by atoms with Gasteiger partial charge >= 0.3 is 0 Å². The molecule has 1 saturated heterocycles. The molecular formula is C15H19N5. The quantitative estimate of drug-likeness (QED) is 0.832. The molecule has 0 aromatic carbocycles. The van der Waals surface area contributed by atoms with Crippen molar-refractivity contribution >= 4 is 11.8 Å². The number of rotatable bonds is 2. The largest absolute Gasteiger partial charge is 0.353 e. The molecule has 0 saturated carbocycles. The third-order valence-corrected chi connectivity index (χ3v) is 3.57. The lowest BCUT2D eigenvalue weighted by Crippen LogP contribution is -2.47. The Hall–Kier alpha value is -2.17. The molecule has 0 atom stereocenters. The van der Waals surface area contributed by atoms with Gasteiger partial charge in [0.15, 0.2) is 0 Å². The van der Waals surface area contributed by atoms with Gasteiger partial charge in [-0.05, 0) is 37.6 Å². The van der Waals surface area contributed by atoms with E-state index in [4.69, 9.17) is 0 Å². The maximum absolute atomic E-state index is 4.49. The summed E-state index contributed by atoms with van der Waals surface area (Å²) in [4.78, 5) is 17.9. The van der Waals surface area contributed by atoms with Crippen molar-refractivity contribution < 1.29 is 0 Å². The van der Waals surface area contributed by atoms with Gasteiger partial charge in [-0.25, -0.2) is 15.0 Å². The summed E-state index contributed by atoms with van der Waals surface area (Å²) in [7, 11) is 0. The van der Waals surface area contributed by atoms with Gasteiger partial charge in [0.05, 0.1) is 0 Å². The minimum atomic E-state index is 0.835. The van der Waals surface area contributed by atoms with Crippen molar-refractivity contribution in [3.63, 3.8) is 0 Å². The Morgan fingerprint density at radius 1 is 0.900 bits per heavy atom. The van der Waals surface area contributed by atoms with Crippen LogP contribution in [0.1, 0.15) is 11.3 Å². The molecule has 2 aromatic heterocycles. The van der Waals surface area contributed by atoms with E-state index in [0.717, 1.165) is 43.6 Å². The van der Waals surface area contributed by atoms with Gasteiger partial charge in [-0.2, -0.15) is 0 Å². The van der Waals surface area contributed by atoms with Crippen LogP contribution in [0.15, 0.2) is 30.6 Å². The first-order valence-electron chi connectivity index (χ1n) is 6.94. The van der Waals surface area contributed by atoms with Crippen LogP contribution in [0.4, 0.5) is 11.8 Å². The molecule has 5 heteroatoms. The van der Waals surface area contributed by atoms with Gasteiger partial charge < -0.3 is 9.80 Å². The van der Waals surface area contributed by atoms with E-state index in [1.807, 2.05) is 31.5 Å². The summed E-state index contributed by atoms with van der Waals surface area (Å²) in [5.41, 5.74) is 2.26. The fourth-order valence-corrected chi connectivity index (χ4v) is 2.42. The zero-order chi connectivity index (χ0) is 13.9. The van der Waals surface area contributed by atoms with Gasteiger partial charge in [0, 0.05) is 44.3 Å². The lowest BCUT2D eigenvalue weighted by atomic mass is 10.2. The lowest BCUT2D eigenvalue weighted by Gasteiger charge is -2.35. The Morgan fingerprint density at radius 3 is 2.30 bits per heavy atom. The molecular weight excluding hydrogens is 250 g/mol. The molecule has 0 unspecified atom stereocenters. The van der Waals surface area contributed by atoms with Gasteiger partial charge in [0.1, 0.15) is 5.82 Å². The summed E-state index contributed by atoms with van der Waals surface area (Å²) in [6.07, 6.45) is 3.70. The van der Waals surface area contributed by atoms with Crippen LogP contribution in [0.5, 0.6) is 0 Å². The number of nitrogens with zero attached hydrogens (tertiary/aromatic N) is 5. The minimum absolute atomic E-state index is 0.835. The van der Waals surface area contributed by atoms with E-state index >= 15 is 0 Å². The summed E-state index contributed by atoms with van der Waals surface area (Å²) in [5.74, 6) is 1.90. The molecule has 3 heterocycles. The second-order valence-electron chi connectivity index (χ2n) is 5.16. The van der Waals surface area contributed by atoms with Gasteiger partial charge in [0.2, 0.25) is 5.95 Å². The van der Waals surface area contributed by atoms with Crippen LogP contribution in [0.2, 0.25) is 0 Å². The Labute approximate surface area is 119 Å². The van der Waals surface area contributed by atoms with Crippen LogP contribution in [-0.2, 0) is 0 Å². The highest BCUT2D eigenvalue weighted by Crippen LogP contribution is 2.17. The van der Waals surface area contributed by atoms with Crippen molar-refractivity contribution in [3.05, 3.63) is 41.9 Å². The number of pyridine rings is 1. The van der Waals surface area contributed by atoms with E-state index in [-0.39, 0.29) is 0 Å². The zero-order valence-electron chi connectivity index (χ0n) is 12.0. The highest BCUT2D eigenvalue weighted by Gasteiger charge is 2.19. The van der Waals surface area contributed by atoms with E-state index in [9.17, 15) is 0 Å². The second-order valence-corrected chi connectivity index (χ2v) is 5.16. The molecule has 20 heavy (non-hydrogen) atoms. The Kier molecular flexibility index (Phi) is 3.50. The van der Waals surface area contributed by atoms with Crippen molar-refractivity contribution in [1.82, 2.24) is 15.0 Å². The first-order valence-corrected chi connectivity index (χ1v) is 6.94. The number of aryl methyl sites for hydroxylation is 2. The molecule has 1 fully saturated rings. The molecule has 104 valence electrons. The zero-order valence-corrected chi connectivity index (χ0v) is 12.0. The van der Waals surface area contributed by atoms with E-state index < -0.39 is 0 Å². The summed E-state index contributed by atoms with van der Waals surface area (Å²) < 4.78 is 0. The smallest absolute Gasteiger partial charge is 0.225 e. The predicted octanol–water partition coefficient (Wildman–Crippen LogP) is 1.82. The van der Waals surface area contributed by atoms with E-state index in [2.05, 4.69) is 37.7 Å². The monoisotopic (exact) mass is 269 g/mol. The van der Waals surface area contributed by atoms with Gasteiger partial charge in [0.25, 0.3) is 0 Å². The van der Waals surface area contributed by atoms with Crippen molar-refractivity contribution in [3.8, 4) is 0 Å². The summed E-state index contributed by atoms with van der Waals surface area (Å²) >= 11 is 0. The Morgan fingerprint density at radius 2 is 1.60 bits per heavy atom. The standard InChI is InChI=1S/C15H19N5/c1-12-3-5-16-14(11-12)19-7-9-20(10-8-19)15-17-6-4-13(2)18-15/h3-6,11H,7-10H2,1-2H3. The number of hydrogen-bond donors (Lipinski definition) is 0. The van der Waals surface area contributed by atoms with Crippen molar-refractivity contribution in [1.29, 1.82) is 0 Å². The molecule has 0 amide bonds. The molecule has 1 aliphatic heterocycles. The molecule has 0 N–H and O–H groups in total. The van der Waals surface area contributed by atoms with E-state index in [1.54, 1.807) is 0 Å². The van der Waals surface area contributed by atoms with E-state index in [0.29, 0.717) is 0 Å². The Balaban J connectivity index is 1.68. The first kappa shape index (κ1) is 12.8. The molecule has 3 rings (SSSR count). The third kappa shape index (κ3) is 2.71. The van der Waals surface area contributed by atoms with Crippen molar-refractivity contribution in [2.45, 2.75) is 13.8 Å².